The number of thioether (sulfide) groups is 1. The molecule has 0 aromatic heterocycles. The predicted octanol–water partition coefficient (Wildman–Crippen LogP) is 7.36. The number of amidine groups is 1. The first-order chi connectivity index (χ1) is 16.3. The second kappa shape index (κ2) is 11.8. The molecule has 4 aromatic rings. The van der Waals surface area contributed by atoms with E-state index in [9.17, 15) is 0 Å². The SMILES string of the molecule is Cl.c1ccc(COc2ccc(CSC3=N[C@H](c4ccccc4)[C@H](c4ccccc4)N3)cc2)cc1. The Hall–Kier alpha value is -3.21. The van der Waals surface area contributed by atoms with Crippen LogP contribution in [0.2, 0.25) is 0 Å². The van der Waals surface area contributed by atoms with Gasteiger partial charge in [-0.15, -0.1) is 12.4 Å². The molecule has 1 aliphatic rings. The minimum Gasteiger partial charge on any atom is -0.489 e. The van der Waals surface area contributed by atoms with E-state index in [1.54, 1.807) is 11.8 Å². The van der Waals surface area contributed by atoms with Crippen molar-refractivity contribution in [3.63, 3.8) is 0 Å². The van der Waals surface area contributed by atoms with Gasteiger partial charge >= 0.3 is 0 Å². The molecule has 5 heteroatoms. The molecule has 1 N–H and O–H groups in total. The molecule has 1 aliphatic heterocycles. The molecule has 0 saturated carbocycles. The summed E-state index contributed by atoms with van der Waals surface area (Å²) in [6.07, 6.45) is 0. The first-order valence-electron chi connectivity index (χ1n) is 11.2. The van der Waals surface area contributed by atoms with Gasteiger partial charge in [0.05, 0.1) is 6.04 Å². The maximum absolute atomic E-state index is 5.91. The largest absolute Gasteiger partial charge is 0.489 e. The van der Waals surface area contributed by atoms with Crippen LogP contribution in [0.15, 0.2) is 120 Å². The van der Waals surface area contributed by atoms with Crippen LogP contribution in [0.3, 0.4) is 0 Å². The second-order valence-electron chi connectivity index (χ2n) is 8.03. The highest BCUT2D eigenvalue weighted by atomic mass is 35.5. The van der Waals surface area contributed by atoms with E-state index >= 15 is 0 Å². The van der Waals surface area contributed by atoms with Crippen LogP contribution in [0.4, 0.5) is 0 Å². The van der Waals surface area contributed by atoms with Gasteiger partial charge in [0.25, 0.3) is 0 Å². The highest BCUT2D eigenvalue weighted by Gasteiger charge is 2.31. The first-order valence-corrected chi connectivity index (χ1v) is 12.2. The van der Waals surface area contributed by atoms with Crippen LogP contribution in [0.25, 0.3) is 0 Å². The molecular formula is C29H27ClN2OS. The van der Waals surface area contributed by atoms with Gasteiger partial charge in [0, 0.05) is 5.75 Å². The third-order valence-corrected chi connectivity index (χ3v) is 6.67. The minimum atomic E-state index is 0. The van der Waals surface area contributed by atoms with Crippen molar-refractivity contribution in [1.29, 1.82) is 0 Å². The Labute approximate surface area is 211 Å². The van der Waals surface area contributed by atoms with Crippen molar-refractivity contribution in [2.24, 2.45) is 4.99 Å². The number of rotatable bonds is 7. The maximum Gasteiger partial charge on any atom is 0.158 e. The van der Waals surface area contributed by atoms with E-state index in [1.807, 2.05) is 30.3 Å². The van der Waals surface area contributed by atoms with Crippen LogP contribution in [0, 0.1) is 0 Å². The lowest BCUT2D eigenvalue weighted by Crippen LogP contribution is -2.22. The molecule has 34 heavy (non-hydrogen) atoms. The Morgan fingerprint density at radius 1 is 0.676 bits per heavy atom. The molecule has 0 radical (unpaired) electrons. The van der Waals surface area contributed by atoms with E-state index < -0.39 is 0 Å². The van der Waals surface area contributed by atoms with Crippen LogP contribution >= 0.6 is 24.2 Å². The fourth-order valence-corrected chi connectivity index (χ4v) is 4.84. The molecule has 3 nitrogen and oxygen atoms in total. The highest BCUT2D eigenvalue weighted by molar-refractivity contribution is 8.13. The zero-order valence-corrected chi connectivity index (χ0v) is 20.3. The number of nitrogens with one attached hydrogen (secondary N) is 1. The summed E-state index contributed by atoms with van der Waals surface area (Å²) in [5, 5.41) is 4.65. The lowest BCUT2D eigenvalue weighted by Gasteiger charge is -2.19. The van der Waals surface area contributed by atoms with E-state index in [0.717, 1.165) is 16.7 Å². The number of nitrogens with zero attached hydrogens (tertiary/aromatic N) is 1. The van der Waals surface area contributed by atoms with Gasteiger partial charge in [-0.3, -0.25) is 4.99 Å². The Bertz CT molecular complexity index is 1190. The molecule has 4 aromatic carbocycles. The normalized spacial score (nSPS) is 16.8. The van der Waals surface area contributed by atoms with Crippen molar-refractivity contribution in [1.82, 2.24) is 5.32 Å². The van der Waals surface area contributed by atoms with E-state index in [1.165, 1.54) is 22.3 Å². The molecular weight excluding hydrogens is 460 g/mol. The van der Waals surface area contributed by atoms with Gasteiger partial charge < -0.3 is 10.1 Å². The van der Waals surface area contributed by atoms with E-state index in [2.05, 4.69) is 90.2 Å². The molecule has 172 valence electrons. The number of aliphatic imine (C=N–C) groups is 1. The zero-order chi connectivity index (χ0) is 22.3. The van der Waals surface area contributed by atoms with Crippen molar-refractivity contribution < 1.29 is 4.74 Å². The molecule has 0 bridgehead atoms. The molecule has 0 spiro atoms. The van der Waals surface area contributed by atoms with Crippen LogP contribution in [-0.2, 0) is 12.4 Å². The third-order valence-electron chi connectivity index (χ3n) is 5.70. The van der Waals surface area contributed by atoms with Crippen molar-refractivity contribution in [3.8, 4) is 5.75 Å². The maximum atomic E-state index is 5.91. The molecule has 2 atom stereocenters. The molecule has 0 fully saturated rings. The molecule has 0 aliphatic carbocycles. The summed E-state index contributed by atoms with van der Waals surface area (Å²) in [6, 6.07) is 39.9. The summed E-state index contributed by atoms with van der Waals surface area (Å²) in [5.41, 5.74) is 4.90. The Kier molecular flexibility index (Phi) is 8.29. The highest BCUT2D eigenvalue weighted by Crippen LogP contribution is 2.38. The van der Waals surface area contributed by atoms with Gasteiger partial charge in [0.1, 0.15) is 18.4 Å². The summed E-state index contributed by atoms with van der Waals surface area (Å²) in [7, 11) is 0. The molecule has 5 rings (SSSR count). The van der Waals surface area contributed by atoms with Crippen LogP contribution < -0.4 is 10.1 Å². The van der Waals surface area contributed by atoms with Crippen molar-refractivity contribution in [2.45, 2.75) is 24.4 Å². The van der Waals surface area contributed by atoms with E-state index in [-0.39, 0.29) is 24.5 Å². The molecule has 1 heterocycles. The number of benzene rings is 4. The topological polar surface area (TPSA) is 33.6 Å². The summed E-state index contributed by atoms with van der Waals surface area (Å²) in [4.78, 5) is 5.06. The van der Waals surface area contributed by atoms with Gasteiger partial charge in [-0.05, 0) is 34.4 Å². The lowest BCUT2D eigenvalue weighted by atomic mass is 9.95. The smallest absolute Gasteiger partial charge is 0.158 e. The number of halogens is 1. The lowest BCUT2D eigenvalue weighted by molar-refractivity contribution is 0.306. The quantitative estimate of drug-likeness (QED) is 0.296. The number of ether oxygens (including phenoxy) is 1. The van der Waals surface area contributed by atoms with Crippen molar-refractivity contribution >= 4 is 29.3 Å². The Morgan fingerprint density at radius 3 is 1.91 bits per heavy atom. The molecule has 0 amide bonds. The van der Waals surface area contributed by atoms with Crippen LogP contribution in [0.1, 0.15) is 34.3 Å². The van der Waals surface area contributed by atoms with Gasteiger partial charge in [-0.25, -0.2) is 0 Å². The first kappa shape index (κ1) is 23.9. The zero-order valence-electron chi connectivity index (χ0n) is 18.7. The fourth-order valence-electron chi connectivity index (χ4n) is 3.95. The van der Waals surface area contributed by atoms with E-state index in [0.29, 0.717) is 6.61 Å². The summed E-state index contributed by atoms with van der Waals surface area (Å²) in [5.74, 6) is 1.74. The monoisotopic (exact) mass is 486 g/mol. The predicted molar refractivity (Wildman–Crippen MR) is 145 cm³/mol. The summed E-state index contributed by atoms with van der Waals surface area (Å²) < 4.78 is 5.91. The fraction of sp³-hybridized carbons (Fsp3) is 0.138. The average molecular weight is 487 g/mol. The number of hydrogen-bond acceptors (Lipinski definition) is 4. The summed E-state index contributed by atoms with van der Waals surface area (Å²) >= 11 is 1.75. The molecule has 0 saturated heterocycles. The van der Waals surface area contributed by atoms with Gasteiger partial charge in [0.15, 0.2) is 5.17 Å². The summed E-state index contributed by atoms with van der Waals surface area (Å²) in [6.45, 7) is 0.581. The Morgan fingerprint density at radius 2 is 1.26 bits per heavy atom. The third kappa shape index (κ3) is 6.02. The number of hydrogen-bond donors (Lipinski definition) is 1. The van der Waals surface area contributed by atoms with Crippen LogP contribution in [-0.4, -0.2) is 5.17 Å². The van der Waals surface area contributed by atoms with Crippen LogP contribution in [0.5, 0.6) is 5.75 Å². The van der Waals surface area contributed by atoms with Gasteiger partial charge in [0.2, 0.25) is 0 Å². The van der Waals surface area contributed by atoms with Gasteiger partial charge in [-0.2, -0.15) is 0 Å². The van der Waals surface area contributed by atoms with Gasteiger partial charge in [-0.1, -0.05) is 115 Å². The van der Waals surface area contributed by atoms with Crippen molar-refractivity contribution in [3.05, 3.63) is 138 Å². The average Bonchev–Trinajstić information content (AvgIpc) is 3.33. The molecule has 0 unspecified atom stereocenters. The van der Waals surface area contributed by atoms with Crippen molar-refractivity contribution in [2.75, 3.05) is 0 Å². The second-order valence-corrected chi connectivity index (χ2v) is 8.99. The minimum absolute atomic E-state index is 0. The van der Waals surface area contributed by atoms with E-state index in [4.69, 9.17) is 9.73 Å². The Balaban J connectivity index is 0.00000274. The standard InChI is InChI=1S/C29H26N2OS.ClH/c1-4-10-22(11-5-1)20-32-26-18-16-23(17-19-26)21-33-29-30-27(24-12-6-2-7-13-24)28(31-29)25-14-8-3-9-15-25;/h1-19,27-28H,20-21H2,(H,30,31);1H/t27-,28+;.